The molecule has 1 atom stereocenters. The van der Waals surface area contributed by atoms with E-state index in [4.69, 9.17) is 5.11 Å². The molecule has 1 unspecified atom stereocenters. The number of carbonyl (C=O) groups is 1. The van der Waals surface area contributed by atoms with Crippen LogP contribution in [0.1, 0.15) is 29.1 Å². The first-order valence-corrected chi connectivity index (χ1v) is 6.41. The van der Waals surface area contributed by atoms with E-state index in [0.29, 0.717) is 10.2 Å². The minimum atomic E-state index is -0.962. The number of nitrogens with one attached hydrogen (secondary N) is 1. The molecule has 0 radical (unpaired) electrons. The highest BCUT2D eigenvalue weighted by atomic mass is 79.9. The SMILES string of the molecule is CC(Nc1cc(Br)cc(C(=O)O)c1)c1nncn1C. The minimum absolute atomic E-state index is 0.0801. The summed E-state index contributed by atoms with van der Waals surface area (Å²) in [7, 11) is 1.86. The van der Waals surface area contributed by atoms with Gasteiger partial charge >= 0.3 is 5.97 Å². The van der Waals surface area contributed by atoms with Crippen molar-refractivity contribution in [3.8, 4) is 0 Å². The molecule has 0 aliphatic rings. The smallest absolute Gasteiger partial charge is 0.335 e. The van der Waals surface area contributed by atoms with E-state index in [2.05, 4.69) is 31.4 Å². The number of benzene rings is 1. The highest BCUT2D eigenvalue weighted by molar-refractivity contribution is 9.10. The van der Waals surface area contributed by atoms with Gasteiger partial charge in [0.05, 0.1) is 11.6 Å². The zero-order chi connectivity index (χ0) is 14.0. The molecule has 0 spiro atoms. The Morgan fingerprint density at radius 3 is 2.79 bits per heavy atom. The summed E-state index contributed by atoms with van der Waals surface area (Å²) in [5.41, 5.74) is 0.935. The van der Waals surface area contributed by atoms with Gasteiger partial charge in [-0.2, -0.15) is 0 Å². The number of aryl methyl sites for hydroxylation is 1. The zero-order valence-corrected chi connectivity index (χ0v) is 12.0. The van der Waals surface area contributed by atoms with E-state index in [1.807, 2.05) is 24.6 Å². The van der Waals surface area contributed by atoms with Gasteiger partial charge in [0.1, 0.15) is 6.33 Å². The predicted molar refractivity (Wildman–Crippen MR) is 74.1 cm³/mol. The summed E-state index contributed by atoms with van der Waals surface area (Å²) in [4.78, 5) is 11.0. The van der Waals surface area contributed by atoms with Gasteiger partial charge in [0.2, 0.25) is 0 Å². The Kier molecular flexibility index (Phi) is 3.84. The van der Waals surface area contributed by atoms with Crippen molar-refractivity contribution >= 4 is 27.6 Å². The van der Waals surface area contributed by atoms with E-state index in [1.165, 1.54) is 0 Å². The van der Waals surface area contributed by atoms with Gasteiger partial charge < -0.3 is 15.0 Å². The lowest BCUT2D eigenvalue weighted by Gasteiger charge is -2.15. The van der Waals surface area contributed by atoms with Gasteiger partial charge in [0, 0.05) is 17.2 Å². The van der Waals surface area contributed by atoms with Gasteiger partial charge in [-0.25, -0.2) is 4.79 Å². The van der Waals surface area contributed by atoms with Crippen LogP contribution in [0.2, 0.25) is 0 Å². The van der Waals surface area contributed by atoms with Crippen molar-refractivity contribution in [2.75, 3.05) is 5.32 Å². The normalized spacial score (nSPS) is 12.2. The molecule has 100 valence electrons. The maximum atomic E-state index is 11.0. The van der Waals surface area contributed by atoms with E-state index in [9.17, 15) is 4.79 Å². The molecule has 0 aliphatic heterocycles. The van der Waals surface area contributed by atoms with Gasteiger partial charge in [-0.15, -0.1) is 10.2 Å². The predicted octanol–water partition coefficient (Wildman–Crippen LogP) is 2.45. The van der Waals surface area contributed by atoms with Crippen LogP contribution in [0.5, 0.6) is 0 Å². The lowest BCUT2D eigenvalue weighted by molar-refractivity contribution is 0.0697. The monoisotopic (exact) mass is 324 g/mol. The molecule has 2 aromatic rings. The van der Waals surface area contributed by atoms with Crippen LogP contribution < -0.4 is 5.32 Å². The maximum Gasteiger partial charge on any atom is 0.335 e. The molecule has 0 saturated heterocycles. The fourth-order valence-electron chi connectivity index (χ4n) is 1.80. The van der Waals surface area contributed by atoms with Gasteiger partial charge in [0.25, 0.3) is 0 Å². The first-order chi connectivity index (χ1) is 8.97. The van der Waals surface area contributed by atoms with Crippen LogP contribution in [0.4, 0.5) is 5.69 Å². The molecule has 1 aromatic heterocycles. The summed E-state index contributed by atoms with van der Waals surface area (Å²) in [6.45, 7) is 1.94. The lowest BCUT2D eigenvalue weighted by Crippen LogP contribution is -2.12. The second-order valence-electron chi connectivity index (χ2n) is 4.20. The number of rotatable bonds is 4. The Morgan fingerprint density at radius 2 is 2.21 bits per heavy atom. The number of anilines is 1. The Labute approximate surface area is 118 Å². The van der Waals surface area contributed by atoms with E-state index in [0.717, 1.165) is 5.82 Å². The molecule has 2 N–H and O–H groups in total. The van der Waals surface area contributed by atoms with Gasteiger partial charge in [0.15, 0.2) is 5.82 Å². The highest BCUT2D eigenvalue weighted by Crippen LogP contribution is 2.23. The second-order valence-corrected chi connectivity index (χ2v) is 5.12. The van der Waals surface area contributed by atoms with E-state index >= 15 is 0 Å². The van der Waals surface area contributed by atoms with Crippen LogP contribution in [0, 0.1) is 0 Å². The molecule has 0 saturated carbocycles. The summed E-state index contributed by atoms with van der Waals surface area (Å²) in [6.07, 6.45) is 1.62. The molecule has 1 heterocycles. The van der Waals surface area contributed by atoms with Crippen LogP contribution in [-0.4, -0.2) is 25.8 Å². The van der Waals surface area contributed by atoms with Crippen LogP contribution in [0.15, 0.2) is 29.0 Å². The number of nitrogens with zero attached hydrogens (tertiary/aromatic N) is 3. The number of hydrogen-bond donors (Lipinski definition) is 2. The van der Waals surface area contributed by atoms with Crippen molar-refractivity contribution in [2.24, 2.45) is 7.05 Å². The number of aromatic nitrogens is 3. The Hall–Kier alpha value is -1.89. The molecule has 1 aromatic carbocycles. The van der Waals surface area contributed by atoms with E-state index in [1.54, 1.807) is 18.5 Å². The average molecular weight is 325 g/mol. The van der Waals surface area contributed by atoms with Crippen LogP contribution >= 0.6 is 15.9 Å². The molecule has 0 amide bonds. The second kappa shape index (κ2) is 5.40. The molecule has 19 heavy (non-hydrogen) atoms. The molecule has 0 fully saturated rings. The number of halogens is 1. The summed E-state index contributed by atoms with van der Waals surface area (Å²) < 4.78 is 2.52. The number of carboxylic acids is 1. The molecule has 2 rings (SSSR count). The minimum Gasteiger partial charge on any atom is -0.478 e. The summed E-state index contributed by atoms with van der Waals surface area (Å²) >= 11 is 3.30. The van der Waals surface area contributed by atoms with Crippen molar-refractivity contribution in [2.45, 2.75) is 13.0 Å². The Morgan fingerprint density at radius 1 is 1.47 bits per heavy atom. The third kappa shape index (κ3) is 3.11. The molecular formula is C12H13BrN4O2. The molecule has 6 nitrogen and oxygen atoms in total. The lowest BCUT2D eigenvalue weighted by atomic mass is 10.2. The number of carboxylic acid groups (broad SMARTS) is 1. The van der Waals surface area contributed by atoms with Crippen LogP contribution in [-0.2, 0) is 7.05 Å². The Balaban J connectivity index is 2.24. The summed E-state index contributed by atoms with van der Waals surface area (Å²) in [5, 5.41) is 20.1. The fraction of sp³-hybridized carbons (Fsp3) is 0.250. The number of aromatic carboxylic acids is 1. The van der Waals surface area contributed by atoms with Crippen molar-refractivity contribution in [3.05, 3.63) is 40.4 Å². The van der Waals surface area contributed by atoms with Gasteiger partial charge in [-0.3, -0.25) is 0 Å². The van der Waals surface area contributed by atoms with Crippen molar-refractivity contribution in [3.63, 3.8) is 0 Å². The van der Waals surface area contributed by atoms with Gasteiger partial charge in [-0.05, 0) is 25.1 Å². The quantitative estimate of drug-likeness (QED) is 0.902. The summed E-state index contributed by atoms with van der Waals surface area (Å²) in [5.74, 6) is -0.187. The molecular weight excluding hydrogens is 312 g/mol. The first-order valence-electron chi connectivity index (χ1n) is 5.61. The van der Waals surface area contributed by atoms with Crippen molar-refractivity contribution in [1.29, 1.82) is 0 Å². The van der Waals surface area contributed by atoms with Crippen molar-refractivity contribution in [1.82, 2.24) is 14.8 Å². The average Bonchev–Trinajstić information content (AvgIpc) is 2.74. The van der Waals surface area contributed by atoms with E-state index in [-0.39, 0.29) is 11.6 Å². The van der Waals surface area contributed by atoms with Crippen LogP contribution in [0.25, 0.3) is 0 Å². The first kappa shape index (κ1) is 13.5. The zero-order valence-electron chi connectivity index (χ0n) is 10.5. The van der Waals surface area contributed by atoms with Crippen LogP contribution in [0.3, 0.4) is 0 Å². The topological polar surface area (TPSA) is 80.0 Å². The molecule has 0 aliphatic carbocycles. The third-order valence-electron chi connectivity index (χ3n) is 2.66. The fourth-order valence-corrected chi connectivity index (χ4v) is 2.29. The van der Waals surface area contributed by atoms with Gasteiger partial charge in [-0.1, -0.05) is 15.9 Å². The van der Waals surface area contributed by atoms with Crippen molar-refractivity contribution < 1.29 is 9.90 Å². The molecule has 7 heteroatoms. The highest BCUT2D eigenvalue weighted by Gasteiger charge is 2.13. The van der Waals surface area contributed by atoms with E-state index < -0.39 is 5.97 Å². The molecule has 0 bridgehead atoms. The standard InChI is InChI=1S/C12H13BrN4O2/c1-7(11-16-14-6-17(11)2)15-10-4-8(12(18)19)3-9(13)5-10/h3-7,15H,1-2H3,(H,18,19). The Bertz CT molecular complexity index is 612. The summed E-state index contributed by atoms with van der Waals surface area (Å²) in [6, 6.07) is 4.88. The largest absolute Gasteiger partial charge is 0.478 e. The third-order valence-corrected chi connectivity index (χ3v) is 3.12. The number of hydrogen-bond acceptors (Lipinski definition) is 4. The maximum absolute atomic E-state index is 11.0.